The largest absolute Gasteiger partial charge is 0.398 e. The van der Waals surface area contributed by atoms with Crippen molar-refractivity contribution in [2.24, 2.45) is 0 Å². The summed E-state index contributed by atoms with van der Waals surface area (Å²) in [7, 11) is 0. The highest BCUT2D eigenvalue weighted by Gasteiger charge is 2.12. The normalized spacial score (nSPS) is 12.2. The fraction of sp³-hybridized carbons (Fsp3) is 0.462. The number of anilines is 1. The van der Waals surface area contributed by atoms with Crippen LogP contribution in [-0.2, 0) is 0 Å². The standard InChI is InChI=1S/C13H19BrN2OS/c1-3-18-7-6-9(2)16-13(17)11-5-4-10(14)8-12(11)15/h4-5,8-9H,3,6-7,15H2,1-2H3,(H,16,17). The van der Waals surface area contributed by atoms with E-state index in [1.165, 1.54) is 0 Å². The second-order valence-corrected chi connectivity index (χ2v) is 6.40. The van der Waals surface area contributed by atoms with E-state index < -0.39 is 0 Å². The molecule has 0 fully saturated rings. The monoisotopic (exact) mass is 330 g/mol. The number of hydrogen-bond acceptors (Lipinski definition) is 3. The molecule has 0 aliphatic carbocycles. The van der Waals surface area contributed by atoms with Crippen LogP contribution in [0.25, 0.3) is 0 Å². The number of halogens is 1. The molecule has 1 unspecified atom stereocenters. The zero-order valence-electron chi connectivity index (χ0n) is 10.7. The maximum Gasteiger partial charge on any atom is 0.253 e. The number of benzene rings is 1. The van der Waals surface area contributed by atoms with Crippen LogP contribution >= 0.6 is 27.7 Å². The summed E-state index contributed by atoms with van der Waals surface area (Å²) >= 11 is 5.21. The Bertz CT molecular complexity index is 412. The Kier molecular flexibility index (Phi) is 6.57. The number of nitrogen functional groups attached to an aromatic ring is 1. The molecular formula is C13H19BrN2OS. The van der Waals surface area contributed by atoms with E-state index in [-0.39, 0.29) is 11.9 Å². The maximum atomic E-state index is 12.0. The summed E-state index contributed by atoms with van der Waals surface area (Å²) < 4.78 is 0.879. The molecule has 1 amide bonds. The summed E-state index contributed by atoms with van der Waals surface area (Å²) in [6.07, 6.45) is 0.973. The topological polar surface area (TPSA) is 55.1 Å². The van der Waals surface area contributed by atoms with Gasteiger partial charge in [0.1, 0.15) is 0 Å². The van der Waals surface area contributed by atoms with Crippen LogP contribution in [0.3, 0.4) is 0 Å². The number of carbonyl (C=O) groups is 1. The van der Waals surface area contributed by atoms with Crippen LogP contribution in [0, 0.1) is 0 Å². The first-order chi connectivity index (χ1) is 8.54. The maximum absolute atomic E-state index is 12.0. The Hall–Kier alpha value is -0.680. The van der Waals surface area contributed by atoms with Gasteiger partial charge in [0.2, 0.25) is 0 Å². The number of nitrogens with two attached hydrogens (primary N) is 1. The number of carbonyl (C=O) groups excluding carboxylic acids is 1. The van der Waals surface area contributed by atoms with Crippen molar-refractivity contribution in [3.8, 4) is 0 Å². The molecule has 5 heteroatoms. The molecule has 0 aromatic heterocycles. The van der Waals surface area contributed by atoms with Crippen LogP contribution in [0.5, 0.6) is 0 Å². The molecule has 1 aromatic carbocycles. The Morgan fingerprint density at radius 3 is 2.89 bits per heavy atom. The first-order valence-electron chi connectivity index (χ1n) is 5.98. The van der Waals surface area contributed by atoms with Crippen molar-refractivity contribution in [1.82, 2.24) is 5.32 Å². The fourth-order valence-electron chi connectivity index (χ4n) is 1.52. The van der Waals surface area contributed by atoms with E-state index in [1.54, 1.807) is 12.1 Å². The van der Waals surface area contributed by atoms with Gasteiger partial charge in [-0.1, -0.05) is 22.9 Å². The van der Waals surface area contributed by atoms with E-state index in [0.29, 0.717) is 11.3 Å². The Morgan fingerprint density at radius 1 is 1.56 bits per heavy atom. The lowest BCUT2D eigenvalue weighted by atomic mass is 10.1. The molecule has 1 aromatic rings. The van der Waals surface area contributed by atoms with Crippen LogP contribution < -0.4 is 11.1 Å². The quantitative estimate of drug-likeness (QED) is 0.621. The molecule has 0 saturated carbocycles. The minimum Gasteiger partial charge on any atom is -0.398 e. The predicted molar refractivity (Wildman–Crippen MR) is 83.1 cm³/mol. The van der Waals surface area contributed by atoms with E-state index in [4.69, 9.17) is 5.73 Å². The molecule has 0 spiro atoms. The first kappa shape index (κ1) is 15.4. The summed E-state index contributed by atoms with van der Waals surface area (Å²) in [5.41, 5.74) is 6.86. The van der Waals surface area contributed by atoms with Gasteiger partial charge in [0.05, 0.1) is 5.56 Å². The third kappa shape index (κ3) is 4.90. The number of rotatable bonds is 6. The van der Waals surface area contributed by atoms with E-state index >= 15 is 0 Å². The highest BCUT2D eigenvalue weighted by molar-refractivity contribution is 9.10. The highest BCUT2D eigenvalue weighted by Crippen LogP contribution is 2.18. The third-order valence-corrected chi connectivity index (χ3v) is 3.96. The minimum absolute atomic E-state index is 0.103. The smallest absolute Gasteiger partial charge is 0.253 e. The zero-order valence-corrected chi connectivity index (χ0v) is 13.1. The molecule has 0 aliphatic heterocycles. The van der Waals surface area contributed by atoms with Crippen LogP contribution in [0.1, 0.15) is 30.6 Å². The Balaban J connectivity index is 2.54. The van der Waals surface area contributed by atoms with E-state index in [0.717, 1.165) is 22.4 Å². The van der Waals surface area contributed by atoms with Crippen LogP contribution in [-0.4, -0.2) is 23.5 Å². The molecule has 0 saturated heterocycles. The van der Waals surface area contributed by atoms with Gasteiger partial charge in [-0.25, -0.2) is 0 Å². The summed E-state index contributed by atoms with van der Waals surface area (Å²) in [5.74, 6) is 2.07. The molecular weight excluding hydrogens is 312 g/mol. The highest BCUT2D eigenvalue weighted by atomic mass is 79.9. The molecule has 0 aliphatic rings. The molecule has 1 rings (SSSR count). The van der Waals surface area contributed by atoms with Gasteiger partial charge in [-0.05, 0) is 43.0 Å². The van der Waals surface area contributed by atoms with E-state index in [1.807, 2.05) is 24.8 Å². The first-order valence-corrected chi connectivity index (χ1v) is 7.93. The van der Waals surface area contributed by atoms with Gasteiger partial charge in [-0.2, -0.15) is 11.8 Å². The zero-order chi connectivity index (χ0) is 13.5. The van der Waals surface area contributed by atoms with Gasteiger partial charge in [0, 0.05) is 16.2 Å². The fourth-order valence-corrected chi connectivity index (χ4v) is 2.71. The van der Waals surface area contributed by atoms with Gasteiger partial charge in [0.15, 0.2) is 0 Å². The third-order valence-electron chi connectivity index (χ3n) is 2.54. The van der Waals surface area contributed by atoms with Gasteiger partial charge >= 0.3 is 0 Å². The predicted octanol–water partition coefficient (Wildman–Crippen LogP) is 3.29. The minimum atomic E-state index is -0.103. The molecule has 0 radical (unpaired) electrons. The Morgan fingerprint density at radius 2 is 2.28 bits per heavy atom. The molecule has 18 heavy (non-hydrogen) atoms. The number of amides is 1. The molecule has 1 atom stereocenters. The summed E-state index contributed by atoms with van der Waals surface area (Å²) in [6, 6.07) is 5.47. The summed E-state index contributed by atoms with van der Waals surface area (Å²) in [4.78, 5) is 12.0. The molecule has 3 N–H and O–H groups in total. The number of nitrogens with one attached hydrogen (secondary N) is 1. The summed E-state index contributed by atoms with van der Waals surface area (Å²) in [5, 5.41) is 2.97. The van der Waals surface area contributed by atoms with E-state index in [2.05, 4.69) is 28.2 Å². The molecule has 0 bridgehead atoms. The van der Waals surface area contributed by atoms with Crippen molar-refractivity contribution in [2.75, 3.05) is 17.2 Å². The van der Waals surface area contributed by atoms with Crippen molar-refractivity contribution in [3.05, 3.63) is 28.2 Å². The van der Waals surface area contributed by atoms with Crippen molar-refractivity contribution in [1.29, 1.82) is 0 Å². The van der Waals surface area contributed by atoms with Gasteiger partial charge < -0.3 is 11.1 Å². The average Bonchev–Trinajstić information content (AvgIpc) is 2.28. The lowest BCUT2D eigenvalue weighted by molar-refractivity contribution is 0.0940. The lowest BCUT2D eigenvalue weighted by Crippen LogP contribution is -2.33. The molecule has 3 nitrogen and oxygen atoms in total. The van der Waals surface area contributed by atoms with Gasteiger partial charge in [0.25, 0.3) is 5.91 Å². The van der Waals surface area contributed by atoms with Crippen molar-refractivity contribution in [3.63, 3.8) is 0 Å². The summed E-state index contributed by atoms with van der Waals surface area (Å²) in [6.45, 7) is 4.15. The van der Waals surface area contributed by atoms with E-state index in [9.17, 15) is 4.79 Å². The second kappa shape index (κ2) is 7.69. The Labute approximate surface area is 121 Å². The van der Waals surface area contributed by atoms with Crippen molar-refractivity contribution >= 4 is 39.3 Å². The van der Waals surface area contributed by atoms with Gasteiger partial charge in [-0.15, -0.1) is 0 Å². The van der Waals surface area contributed by atoms with Crippen molar-refractivity contribution < 1.29 is 4.79 Å². The van der Waals surface area contributed by atoms with Crippen LogP contribution in [0.4, 0.5) is 5.69 Å². The second-order valence-electron chi connectivity index (χ2n) is 4.09. The molecule has 100 valence electrons. The van der Waals surface area contributed by atoms with Crippen LogP contribution in [0.2, 0.25) is 0 Å². The van der Waals surface area contributed by atoms with Crippen molar-refractivity contribution in [2.45, 2.75) is 26.3 Å². The lowest BCUT2D eigenvalue weighted by Gasteiger charge is -2.14. The number of thioether (sulfide) groups is 1. The SMILES string of the molecule is CCSCCC(C)NC(=O)c1ccc(Br)cc1N. The molecule has 0 heterocycles. The average molecular weight is 331 g/mol. The van der Waals surface area contributed by atoms with Crippen LogP contribution in [0.15, 0.2) is 22.7 Å². The van der Waals surface area contributed by atoms with Gasteiger partial charge in [-0.3, -0.25) is 4.79 Å². The number of hydrogen-bond donors (Lipinski definition) is 2.